The predicted octanol–water partition coefficient (Wildman–Crippen LogP) is 3.01. The predicted molar refractivity (Wildman–Crippen MR) is 126 cm³/mol. The van der Waals surface area contributed by atoms with Crippen LogP contribution in [0.3, 0.4) is 0 Å². The van der Waals surface area contributed by atoms with E-state index in [1.165, 1.54) is 30.6 Å². The summed E-state index contributed by atoms with van der Waals surface area (Å²) >= 11 is 6.00. The second-order valence-electron chi connectivity index (χ2n) is 7.03. The van der Waals surface area contributed by atoms with Crippen molar-refractivity contribution in [3.8, 4) is 5.75 Å². The summed E-state index contributed by atoms with van der Waals surface area (Å²) in [6.45, 7) is 1.41. The highest BCUT2D eigenvalue weighted by Crippen LogP contribution is 2.22. The molecule has 1 aromatic heterocycles. The quantitative estimate of drug-likeness (QED) is 0.376. The van der Waals surface area contributed by atoms with Crippen molar-refractivity contribution < 1.29 is 14.1 Å². The highest BCUT2D eigenvalue weighted by Gasteiger charge is 2.12. The molecule has 9 nitrogen and oxygen atoms in total. The molecule has 1 unspecified atom stereocenters. The van der Waals surface area contributed by atoms with Crippen molar-refractivity contribution in [2.45, 2.75) is 4.90 Å². The van der Waals surface area contributed by atoms with Gasteiger partial charge in [0.25, 0.3) is 5.91 Å². The Morgan fingerprint density at radius 2 is 1.78 bits per heavy atom. The van der Waals surface area contributed by atoms with E-state index in [2.05, 4.69) is 25.3 Å². The molecule has 168 valence electrons. The van der Waals surface area contributed by atoms with Crippen molar-refractivity contribution in [1.29, 1.82) is 0 Å². The number of benzene rings is 2. The third-order valence-corrected chi connectivity index (χ3v) is 5.72. The molecule has 0 fully saturated rings. The molecule has 0 bridgehead atoms. The number of aromatic hydroxyl groups is 1. The lowest BCUT2D eigenvalue weighted by atomic mass is 10.2. The molecule has 2 aromatic carbocycles. The number of hydrogen-bond acceptors (Lipinski definition) is 7. The molecule has 3 rings (SSSR count). The van der Waals surface area contributed by atoms with Crippen LogP contribution in [0.25, 0.3) is 0 Å². The number of amides is 1. The third-order valence-electron chi connectivity index (χ3n) is 4.22. The first kappa shape index (κ1) is 23.6. The minimum Gasteiger partial charge on any atom is -0.508 e. The Morgan fingerprint density at radius 3 is 2.44 bits per heavy atom. The molecule has 11 heteroatoms. The molecule has 32 heavy (non-hydrogen) atoms. The summed E-state index contributed by atoms with van der Waals surface area (Å²) in [5.74, 6) is -0.219. The van der Waals surface area contributed by atoms with E-state index in [4.69, 9.17) is 11.6 Å². The molecular formula is C21H23ClN6O3S. The van der Waals surface area contributed by atoms with Crippen LogP contribution in [0.15, 0.2) is 59.8 Å². The number of hydrogen-bond donors (Lipinski definition) is 4. The molecule has 0 saturated heterocycles. The maximum Gasteiger partial charge on any atom is 0.257 e. The number of nitrogens with one attached hydrogen (secondary N) is 3. The minimum absolute atomic E-state index is 0.0606. The number of phenolic OH excluding ortho intramolecular Hbond substituents is 1. The summed E-state index contributed by atoms with van der Waals surface area (Å²) in [6.07, 6.45) is 2.89. The van der Waals surface area contributed by atoms with Crippen molar-refractivity contribution >= 4 is 45.8 Å². The Labute approximate surface area is 193 Å². The van der Waals surface area contributed by atoms with Gasteiger partial charge in [0.2, 0.25) is 5.95 Å². The molecule has 0 aliphatic rings. The summed E-state index contributed by atoms with van der Waals surface area (Å²) in [6, 6.07) is 11.2. The molecule has 1 heterocycles. The Bertz CT molecular complexity index is 1090. The zero-order valence-electron chi connectivity index (χ0n) is 17.5. The third kappa shape index (κ3) is 6.72. The van der Waals surface area contributed by atoms with Crippen LogP contribution in [-0.2, 0) is 11.0 Å². The molecule has 4 N–H and O–H groups in total. The standard InChI is InChI=1S/C21H23ClN6O3S/c1-28(2)10-9-25-32(31)17-6-3-14(4-7-17)27-21-23-12-15(13-24-21)26-20(30)18-11-16(29)5-8-19(18)22/h3-8,11-13,25,29H,9-10H2,1-2H3,(H,26,30)(H,23,24,27). The first-order valence-electron chi connectivity index (χ1n) is 9.61. The van der Waals surface area contributed by atoms with Gasteiger partial charge in [-0.05, 0) is 56.6 Å². The van der Waals surface area contributed by atoms with Gasteiger partial charge in [-0.2, -0.15) is 0 Å². The maximum absolute atomic E-state index is 12.3. The minimum atomic E-state index is -1.28. The van der Waals surface area contributed by atoms with Gasteiger partial charge in [0.1, 0.15) is 16.7 Å². The Balaban J connectivity index is 1.57. The average molecular weight is 475 g/mol. The first-order chi connectivity index (χ1) is 15.3. The molecule has 3 aromatic rings. The van der Waals surface area contributed by atoms with Crippen LogP contribution in [0, 0.1) is 0 Å². The van der Waals surface area contributed by atoms with Crippen LogP contribution in [0.4, 0.5) is 17.3 Å². The number of likely N-dealkylation sites (N-methyl/N-ethyl adjacent to an activating group) is 1. The molecule has 0 saturated carbocycles. The zero-order chi connectivity index (χ0) is 23.1. The van der Waals surface area contributed by atoms with Crippen LogP contribution in [0.1, 0.15) is 10.4 Å². The number of rotatable bonds is 9. The van der Waals surface area contributed by atoms with Crippen molar-refractivity contribution in [2.75, 3.05) is 37.8 Å². The van der Waals surface area contributed by atoms with Gasteiger partial charge in [-0.25, -0.2) is 18.9 Å². The topological polar surface area (TPSA) is 119 Å². The zero-order valence-corrected chi connectivity index (χ0v) is 19.1. The fourth-order valence-corrected chi connectivity index (χ4v) is 3.61. The molecule has 0 radical (unpaired) electrons. The summed E-state index contributed by atoms with van der Waals surface area (Å²) < 4.78 is 15.2. The number of carbonyl (C=O) groups is 1. The molecule has 0 spiro atoms. The van der Waals surface area contributed by atoms with E-state index in [-0.39, 0.29) is 16.3 Å². The lowest BCUT2D eigenvalue weighted by Crippen LogP contribution is -2.27. The van der Waals surface area contributed by atoms with E-state index >= 15 is 0 Å². The lowest BCUT2D eigenvalue weighted by Gasteiger charge is -2.10. The van der Waals surface area contributed by atoms with E-state index in [1.807, 2.05) is 19.0 Å². The number of aromatic nitrogens is 2. The molecular weight excluding hydrogens is 452 g/mol. The van der Waals surface area contributed by atoms with Crippen LogP contribution >= 0.6 is 11.6 Å². The van der Waals surface area contributed by atoms with Gasteiger partial charge in [-0.1, -0.05) is 11.6 Å². The van der Waals surface area contributed by atoms with Gasteiger partial charge in [0, 0.05) is 18.8 Å². The van der Waals surface area contributed by atoms with E-state index in [0.29, 0.717) is 23.1 Å². The summed E-state index contributed by atoms with van der Waals surface area (Å²) in [5, 5.41) is 15.4. The fourth-order valence-electron chi connectivity index (χ4n) is 2.58. The summed E-state index contributed by atoms with van der Waals surface area (Å²) in [4.78, 5) is 23.4. The van der Waals surface area contributed by atoms with Gasteiger partial charge in [-0.3, -0.25) is 4.79 Å². The van der Waals surface area contributed by atoms with Gasteiger partial charge < -0.3 is 20.6 Å². The van der Waals surface area contributed by atoms with Crippen LogP contribution < -0.4 is 15.4 Å². The summed E-state index contributed by atoms with van der Waals surface area (Å²) in [7, 11) is 2.63. The van der Waals surface area contributed by atoms with Gasteiger partial charge in [0.05, 0.1) is 33.6 Å². The van der Waals surface area contributed by atoms with Crippen molar-refractivity contribution in [3.05, 3.63) is 65.4 Å². The van der Waals surface area contributed by atoms with E-state index in [1.54, 1.807) is 24.3 Å². The fraction of sp³-hybridized carbons (Fsp3) is 0.190. The number of anilines is 3. The lowest BCUT2D eigenvalue weighted by molar-refractivity contribution is 0.102. The van der Waals surface area contributed by atoms with E-state index in [0.717, 1.165) is 12.2 Å². The Hall–Kier alpha value is -3.05. The SMILES string of the molecule is CN(C)CCNS(=O)c1ccc(Nc2ncc(NC(=O)c3cc(O)ccc3Cl)cn2)cc1. The second kappa shape index (κ2) is 11.0. The highest BCUT2D eigenvalue weighted by molar-refractivity contribution is 7.83. The first-order valence-corrected chi connectivity index (χ1v) is 11.1. The molecule has 1 atom stereocenters. The largest absolute Gasteiger partial charge is 0.508 e. The normalized spacial score (nSPS) is 11.9. The number of phenols is 1. The van der Waals surface area contributed by atoms with Crippen molar-refractivity contribution in [3.63, 3.8) is 0 Å². The van der Waals surface area contributed by atoms with Gasteiger partial charge in [0.15, 0.2) is 0 Å². The number of nitrogens with zero attached hydrogens (tertiary/aromatic N) is 3. The average Bonchev–Trinajstić information content (AvgIpc) is 2.77. The van der Waals surface area contributed by atoms with Crippen LogP contribution in [-0.4, -0.2) is 57.3 Å². The monoisotopic (exact) mass is 474 g/mol. The molecule has 1 amide bonds. The molecule has 0 aliphatic carbocycles. The van der Waals surface area contributed by atoms with Crippen LogP contribution in [0.2, 0.25) is 5.02 Å². The highest BCUT2D eigenvalue weighted by atomic mass is 35.5. The summed E-state index contributed by atoms with van der Waals surface area (Å²) in [5.41, 5.74) is 1.24. The number of halogens is 1. The van der Waals surface area contributed by atoms with E-state index < -0.39 is 16.9 Å². The maximum atomic E-state index is 12.3. The smallest absolute Gasteiger partial charge is 0.257 e. The second-order valence-corrected chi connectivity index (χ2v) is 8.73. The van der Waals surface area contributed by atoms with Gasteiger partial charge in [-0.15, -0.1) is 0 Å². The van der Waals surface area contributed by atoms with Crippen molar-refractivity contribution in [2.24, 2.45) is 0 Å². The Kier molecular flexibility index (Phi) is 8.12. The van der Waals surface area contributed by atoms with Gasteiger partial charge >= 0.3 is 0 Å². The molecule has 0 aliphatic heterocycles. The van der Waals surface area contributed by atoms with Crippen LogP contribution in [0.5, 0.6) is 5.75 Å². The Morgan fingerprint density at radius 1 is 1.09 bits per heavy atom. The number of carbonyl (C=O) groups excluding carboxylic acids is 1. The van der Waals surface area contributed by atoms with Crippen molar-refractivity contribution in [1.82, 2.24) is 19.6 Å². The van der Waals surface area contributed by atoms with E-state index in [9.17, 15) is 14.1 Å².